The fourth-order valence-corrected chi connectivity index (χ4v) is 2.76. The van der Waals surface area contributed by atoms with Gasteiger partial charge in [-0.25, -0.2) is 0 Å². The molecule has 1 N–H and O–H groups in total. The Morgan fingerprint density at radius 3 is 2.57 bits per heavy atom. The number of rotatable bonds is 4. The molecule has 0 aliphatic carbocycles. The second-order valence-corrected chi connectivity index (χ2v) is 6.45. The van der Waals surface area contributed by atoms with E-state index in [0.717, 1.165) is 10.4 Å². The summed E-state index contributed by atoms with van der Waals surface area (Å²) in [7, 11) is 0. The van der Waals surface area contributed by atoms with Gasteiger partial charge in [0, 0.05) is 10.4 Å². The molecule has 0 unspecified atom stereocenters. The van der Waals surface area contributed by atoms with Gasteiger partial charge in [0.2, 0.25) is 0 Å². The molecule has 2 nitrogen and oxygen atoms in total. The van der Waals surface area contributed by atoms with Crippen LogP contribution in [0.3, 0.4) is 0 Å². The Hall–Kier alpha value is -1.87. The molecule has 1 aromatic carbocycles. The molecule has 0 aliphatic rings. The average molecular weight is 299 g/mol. The first kappa shape index (κ1) is 15.5. The third-order valence-corrected chi connectivity index (χ3v) is 4.53. The predicted octanol–water partition coefficient (Wildman–Crippen LogP) is 4.80. The van der Waals surface area contributed by atoms with E-state index in [4.69, 9.17) is 0 Å². The Labute approximate surface area is 130 Å². The van der Waals surface area contributed by atoms with Gasteiger partial charge in [0.25, 0.3) is 5.91 Å². The number of allylic oxidation sites excluding steroid dienone is 2. The molecule has 2 aromatic rings. The predicted molar refractivity (Wildman–Crippen MR) is 90.6 cm³/mol. The van der Waals surface area contributed by atoms with Crippen LogP contribution < -0.4 is 5.32 Å². The number of hydrogen-bond donors (Lipinski definition) is 1. The zero-order valence-electron chi connectivity index (χ0n) is 13.0. The van der Waals surface area contributed by atoms with Crippen molar-refractivity contribution in [2.45, 2.75) is 34.2 Å². The van der Waals surface area contributed by atoms with Crippen LogP contribution in [0.5, 0.6) is 0 Å². The van der Waals surface area contributed by atoms with Gasteiger partial charge in [0.05, 0.1) is 6.54 Å². The molecule has 110 valence electrons. The molecule has 3 heteroatoms. The van der Waals surface area contributed by atoms with Crippen LogP contribution in [0, 0.1) is 6.92 Å². The first-order valence-electron chi connectivity index (χ1n) is 7.04. The number of amides is 1. The second kappa shape index (κ2) is 6.72. The van der Waals surface area contributed by atoms with Gasteiger partial charge in [-0.15, -0.1) is 11.3 Å². The van der Waals surface area contributed by atoms with Crippen molar-refractivity contribution in [1.29, 1.82) is 0 Å². The Kier molecular flexibility index (Phi) is 4.97. The quantitative estimate of drug-likeness (QED) is 0.863. The minimum atomic E-state index is -0.0220. The number of thiophene rings is 1. The van der Waals surface area contributed by atoms with E-state index in [-0.39, 0.29) is 5.91 Å². The largest absolute Gasteiger partial charge is 0.347 e. The van der Waals surface area contributed by atoms with E-state index in [0.29, 0.717) is 12.1 Å². The lowest BCUT2D eigenvalue weighted by Crippen LogP contribution is -2.22. The summed E-state index contributed by atoms with van der Waals surface area (Å²) in [6.07, 6.45) is 0. The maximum Gasteiger partial charge on any atom is 0.251 e. The number of benzene rings is 1. The van der Waals surface area contributed by atoms with Crippen LogP contribution in [0.1, 0.15) is 47.1 Å². The van der Waals surface area contributed by atoms with E-state index < -0.39 is 0 Å². The minimum Gasteiger partial charge on any atom is -0.347 e. The lowest BCUT2D eigenvalue weighted by Gasteiger charge is -2.11. The van der Waals surface area contributed by atoms with Crippen molar-refractivity contribution in [3.05, 3.63) is 62.9 Å². The maximum absolute atomic E-state index is 12.3. The molecule has 21 heavy (non-hydrogen) atoms. The zero-order valence-corrected chi connectivity index (χ0v) is 13.8. The third-order valence-electron chi connectivity index (χ3n) is 3.66. The molecule has 0 atom stereocenters. The SMILES string of the molecule is CC(C)=C(C)c1cc(C(=O)NCc2cccs2)ccc1C. The van der Waals surface area contributed by atoms with E-state index >= 15 is 0 Å². The standard InChI is InChI=1S/C18H21NOS/c1-12(2)14(4)17-10-15(8-7-13(17)3)18(20)19-11-16-6-5-9-21-16/h5-10H,11H2,1-4H3,(H,19,20). The van der Waals surface area contributed by atoms with Crippen LogP contribution in [0.25, 0.3) is 5.57 Å². The van der Waals surface area contributed by atoms with E-state index in [9.17, 15) is 4.79 Å². The highest BCUT2D eigenvalue weighted by molar-refractivity contribution is 7.09. The Balaban J connectivity index is 2.18. The molecular formula is C18H21NOS. The average Bonchev–Trinajstić information content (AvgIpc) is 2.97. The molecule has 1 heterocycles. The lowest BCUT2D eigenvalue weighted by molar-refractivity contribution is 0.0951. The van der Waals surface area contributed by atoms with Crippen LogP contribution in [-0.4, -0.2) is 5.91 Å². The first-order chi connectivity index (χ1) is 9.99. The fraction of sp³-hybridized carbons (Fsp3) is 0.278. The summed E-state index contributed by atoms with van der Waals surface area (Å²) in [5, 5.41) is 4.99. The molecule has 0 fully saturated rings. The molecule has 1 amide bonds. The number of aryl methyl sites for hydroxylation is 1. The molecule has 0 bridgehead atoms. The van der Waals surface area contributed by atoms with Gasteiger partial charge in [-0.2, -0.15) is 0 Å². The van der Waals surface area contributed by atoms with Crippen LogP contribution >= 0.6 is 11.3 Å². The molecular weight excluding hydrogens is 278 g/mol. The monoisotopic (exact) mass is 299 g/mol. The van der Waals surface area contributed by atoms with Gasteiger partial charge >= 0.3 is 0 Å². The molecule has 0 spiro atoms. The van der Waals surface area contributed by atoms with E-state index in [1.807, 2.05) is 35.7 Å². The molecule has 0 aliphatic heterocycles. The van der Waals surface area contributed by atoms with Crippen LogP contribution in [-0.2, 0) is 6.54 Å². The Morgan fingerprint density at radius 2 is 1.95 bits per heavy atom. The first-order valence-corrected chi connectivity index (χ1v) is 7.92. The lowest BCUT2D eigenvalue weighted by atomic mass is 9.96. The number of carbonyl (C=O) groups is 1. The summed E-state index contributed by atoms with van der Waals surface area (Å²) in [5.74, 6) is -0.0220. The van der Waals surface area contributed by atoms with Crippen molar-refractivity contribution in [2.75, 3.05) is 0 Å². The maximum atomic E-state index is 12.3. The van der Waals surface area contributed by atoms with Crippen molar-refractivity contribution in [1.82, 2.24) is 5.32 Å². The molecule has 1 aromatic heterocycles. The summed E-state index contributed by atoms with van der Waals surface area (Å²) in [5.41, 5.74) is 5.57. The smallest absolute Gasteiger partial charge is 0.251 e. The van der Waals surface area contributed by atoms with Gasteiger partial charge in [0.1, 0.15) is 0 Å². The topological polar surface area (TPSA) is 29.1 Å². The Bertz CT molecular complexity index is 665. The van der Waals surface area contributed by atoms with Crippen LogP contribution in [0.15, 0.2) is 41.3 Å². The van der Waals surface area contributed by atoms with Gasteiger partial charge in [-0.05, 0) is 68.0 Å². The molecule has 2 rings (SSSR count). The number of nitrogens with one attached hydrogen (secondary N) is 1. The summed E-state index contributed by atoms with van der Waals surface area (Å²) in [6, 6.07) is 9.91. The fourth-order valence-electron chi connectivity index (χ4n) is 2.12. The van der Waals surface area contributed by atoms with Gasteiger partial charge in [0.15, 0.2) is 0 Å². The van der Waals surface area contributed by atoms with Gasteiger partial charge in [-0.1, -0.05) is 17.7 Å². The van der Waals surface area contributed by atoms with Crippen LogP contribution in [0.2, 0.25) is 0 Å². The Morgan fingerprint density at radius 1 is 1.19 bits per heavy atom. The number of carbonyl (C=O) groups excluding carboxylic acids is 1. The van der Waals surface area contributed by atoms with E-state index in [2.05, 4.69) is 33.0 Å². The highest BCUT2D eigenvalue weighted by Gasteiger charge is 2.09. The normalized spacial score (nSPS) is 10.3. The molecule has 0 saturated heterocycles. The van der Waals surface area contributed by atoms with Crippen molar-refractivity contribution >= 4 is 22.8 Å². The van der Waals surface area contributed by atoms with Gasteiger partial charge in [-0.3, -0.25) is 4.79 Å². The second-order valence-electron chi connectivity index (χ2n) is 5.42. The van der Waals surface area contributed by atoms with Crippen molar-refractivity contribution in [3.8, 4) is 0 Å². The van der Waals surface area contributed by atoms with E-state index in [1.54, 1.807) is 11.3 Å². The minimum absolute atomic E-state index is 0.0220. The summed E-state index contributed by atoms with van der Waals surface area (Å²) in [4.78, 5) is 13.4. The highest BCUT2D eigenvalue weighted by atomic mass is 32.1. The number of hydrogen-bond acceptors (Lipinski definition) is 2. The summed E-state index contributed by atoms with van der Waals surface area (Å²) < 4.78 is 0. The van der Waals surface area contributed by atoms with Crippen molar-refractivity contribution in [3.63, 3.8) is 0 Å². The molecule has 0 radical (unpaired) electrons. The zero-order chi connectivity index (χ0) is 15.4. The third kappa shape index (κ3) is 3.82. The van der Waals surface area contributed by atoms with Crippen molar-refractivity contribution < 1.29 is 4.79 Å². The van der Waals surface area contributed by atoms with Gasteiger partial charge < -0.3 is 5.32 Å². The highest BCUT2D eigenvalue weighted by Crippen LogP contribution is 2.23. The summed E-state index contributed by atoms with van der Waals surface area (Å²) in [6.45, 7) is 8.96. The summed E-state index contributed by atoms with van der Waals surface area (Å²) >= 11 is 1.65. The van der Waals surface area contributed by atoms with Crippen molar-refractivity contribution in [2.24, 2.45) is 0 Å². The molecule has 0 saturated carbocycles. The van der Waals surface area contributed by atoms with E-state index in [1.165, 1.54) is 16.7 Å². The van der Waals surface area contributed by atoms with Crippen LogP contribution in [0.4, 0.5) is 0 Å².